The Kier molecular flexibility index (Phi) is 7.13. The van der Waals surface area contributed by atoms with Gasteiger partial charge < -0.3 is 9.52 Å². The smallest absolute Gasteiger partial charge is 0.372 e. The predicted molar refractivity (Wildman–Crippen MR) is 148 cm³/mol. The van der Waals surface area contributed by atoms with E-state index in [2.05, 4.69) is 0 Å². The van der Waals surface area contributed by atoms with Crippen LogP contribution in [0.4, 0.5) is 0 Å². The lowest BCUT2D eigenvalue weighted by Gasteiger charge is -2.23. The Morgan fingerprint density at radius 3 is 2.11 bits per heavy atom. The Labute approximate surface area is 221 Å². The van der Waals surface area contributed by atoms with Gasteiger partial charge in [-0.1, -0.05) is 84.9 Å². The molecule has 38 heavy (non-hydrogen) atoms. The number of carboxylic acid groups (broad SMARTS) is 1. The highest BCUT2D eigenvalue weighted by molar-refractivity contribution is 7.89. The van der Waals surface area contributed by atoms with Crippen LogP contribution in [0.2, 0.25) is 0 Å². The van der Waals surface area contributed by atoms with Gasteiger partial charge in [-0.25, -0.2) is 13.2 Å². The molecule has 0 spiro atoms. The fourth-order valence-electron chi connectivity index (χ4n) is 4.53. The van der Waals surface area contributed by atoms with Crippen LogP contribution in [0.3, 0.4) is 0 Å². The first-order chi connectivity index (χ1) is 18.3. The van der Waals surface area contributed by atoms with Crippen molar-refractivity contribution in [2.75, 3.05) is 6.54 Å². The summed E-state index contributed by atoms with van der Waals surface area (Å²) in [5.74, 6) is -1.37. The number of carbonyl (C=O) groups is 1. The fourth-order valence-corrected chi connectivity index (χ4v) is 5.99. The van der Waals surface area contributed by atoms with Crippen LogP contribution < -0.4 is 0 Å². The molecule has 0 atom stereocenters. The van der Waals surface area contributed by atoms with Crippen LogP contribution in [0, 0.1) is 6.92 Å². The number of aromatic carboxylic acids is 1. The van der Waals surface area contributed by atoms with Gasteiger partial charge in [0, 0.05) is 24.0 Å². The van der Waals surface area contributed by atoms with E-state index in [1.165, 1.54) is 22.5 Å². The van der Waals surface area contributed by atoms with Crippen LogP contribution in [-0.4, -0.2) is 30.3 Å². The van der Waals surface area contributed by atoms with Gasteiger partial charge in [0.05, 0.1) is 4.90 Å². The Hall–Kier alpha value is -4.20. The Morgan fingerprint density at radius 1 is 0.816 bits per heavy atom. The number of carboxylic acids is 1. The number of hydrogen-bond donors (Lipinski definition) is 1. The third kappa shape index (κ3) is 5.25. The van der Waals surface area contributed by atoms with E-state index in [0.29, 0.717) is 23.0 Å². The van der Waals surface area contributed by atoms with E-state index in [1.54, 1.807) is 6.92 Å². The lowest BCUT2D eigenvalue weighted by molar-refractivity contribution is 0.0664. The Morgan fingerprint density at radius 2 is 1.45 bits per heavy atom. The first kappa shape index (κ1) is 25.4. The van der Waals surface area contributed by atoms with E-state index in [-0.39, 0.29) is 23.7 Å². The first-order valence-electron chi connectivity index (χ1n) is 12.3. The number of benzene rings is 4. The summed E-state index contributed by atoms with van der Waals surface area (Å²) < 4.78 is 34.7. The average molecular weight is 526 g/mol. The second kappa shape index (κ2) is 10.7. The predicted octanol–water partition coefficient (Wildman–Crippen LogP) is 6.54. The molecule has 0 saturated heterocycles. The topological polar surface area (TPSA) is 87.8 Å². The minimum atomic E-state index is -3.91. The van der Waals surface area contributed by atoms with Crippen LogP contribution in [0.15, 0.2) is 112 Å². The maximum Gasteiger partial charge on any atom is 0.372 e. The van der Waals surface area contributed by atoms with E-state index < -0.39 is 16.0 Å². The molecule has 0 fully saturated rings. The van der Waals surface area contributed by atoms with Crippen LogP contribution in [0.1, 0.15) is 27.2 Å². The highest BCUT2D eigenvalue weighted by Crippen LogP contribution is 2.30. The van der Waals surface area contributed by atoms with E-state index in [1.807, 2.05) is 84.9 Å². The molecule has 0 saturated carbocycles. The summed E-state index contributed by atoms with van der Waals surface area (Å²) in [6.45, 7) is 2.11. The van der Waals surface area contributed by atoms with Crippen molar-refractivity contribution in [2.45, 2.75) is 24.8 Å². The lowest BCUT2D eigenvalue weighted by Crippen LogP contribution is -2.32. The zero-order valence-corrected chi connectivity index (χ0v) is 21.7. The molecule has 0 aliphatic rings. The molecule has 1 N–H and O–H groups in total. The molecule has 4 aromatic carbocycles. The first-order valence-corrected chi connectivity index (χ1v) is 13.7. The number of fused-ring (bicyclic) bond motifs is 1. The highest BCUT2D eigenvalue weighted by Gasteiger charge is 2.26. The summed E-state index contributed by atoms with van der Waals surface area (Å²) >= 11 is 0. The monoisotopic (exact) mass is 525 g/mol. The van der Waals surface area contributed by atoms with Gasteiger partial charge in [0.2, 0.25) is 15.8 Å². The van der Waals surface area contributed by atoms with Gasteiger partial charge in [-0.15, -0.1) is 0 Å². The molecular weight excluding hydrogens is 498 g/mol. The third-order valence-corrected chi connectivity index (χ3v) is 8.49. The van der Waals surface area contributed by atoms with Gasteiger partial charge in [-0.2, -0.15) is 4.31 Å². The molecule has 1 aromatic heterocycles. The minimum absolute atomic E-state index is 0.0970. The van der Waals surface area contributed by atoms with Crippen LogP contribution in [0.25, 0.3) is 22.1 Å². The van der Waals surface area contributed by atoms with Crippen molar-refractivity contribution < 1.29 is 22.7 Å². The van der Waals surface area contributed by atoms with Gasteiger partial charge in [0.25, 0.3) is 0 Å². The zero-order valence-electron chi connectivity index (χ0n) is 20.9. The molecule has 0 radical (unpaired) electrons. The molecule has 0 aliphatic heterocycles. The lowest BCUT2D eigenvalue weighted by atomic mass is 10.0. The molecule has 5 aromatic rings. The summed E-state index contributed by atoms with van der Waals surface area (Å²) in [5.41, 5.74) is 4.80. The van der Waals surface area contributed by atoms with Crippen LogP contribution in [-0.2, 0) is 23.0 Å². The fraction of sp³-hybridized carbons (Fsp3) is 0.129. The molecule has 0 aliphatic carbocycles. The van der Waals surface area contributed by atoms with Crippen LogP contribution in [0.5, 0.6) is 0 Å². The molecule has 0 bridgehead atoms. The SMILES string of the molecule is Cc1c(C(=O)O)oc2ccc(S(=O)(=O)N(CCc3ccccc3)Cc3ccc(-c4ccccc4)cc3)cc12. The molecule has 6 nitrogen and oxygen atoms in total. The van der Waals surface area contributed by atoms with Gasteiger partial charge in [-0.05, 0) is 53.8 Å². The molecule has 192 valence electrons. The van der Waals surface area contributed by atoms with E-state index in [4.69, 9.17) is 4.42 Å². The molecule has 1 heterocycles. The van der Waals surface area contributed by atoms with Gasteiger partial charge in [0.15, 0.2) is 0 Å². The van der Waals surface area contributed by atoms with Gasteiger partial charge in [-0.3, -0.25) is 0 Å². The van der Waals surface area contributed by atoms with E-state index >= 15 is 0 Å². The van der Waals surface area contributed by atoms with Gasteiger partial charge >= 0.3 is 5.97 Å². The summed E-state index contributed by atoms with van der Waals surface area (Å²) in [7, 11) is -3.91. The quantitative estimate of drug-likeness (QED) is 0.236. The molecule has 5 rings (SSSR count). The van der Waals surface area contributed by atoms with Crippen molar-refractivity contribution in [1.82, 2.24) is 4.31 Å². The summed E-state index contributed by atoms with van der Waals surface area (Å²) in [6.07, 6.45) is 0.554. The van der Waals surface area contributed by atoms with Crippen molar-refractivity contribution in [2.24, 2.45) is 0 Å². The van der Waals surface area contributed by atoms with E-state index in [0.717, 1.165) is 22.3 Å². The number of nitrogens with zero attached hydrogens (tertiary/aromatic N) is 1. The van der Waals surface area contributed by atoms with E-state index in [9.17, 15) is 18.3 Å². The molecule has 0 amide bonds. The number of sulfonamides is 1. The molecule has 7 heteroatoms. The largest absolute Gasteiger partial charge is 0.475 e. The summed E-state index contributed by atoms with van der Waals surface area (Å²) in [6, 6.07) is 32.2. The van der Waals surface area contributed by atoms with Crippen LogP contribution >= 0.6 is 0 Å². The Balaban J connectivity index is 1.47. The summed E-state index contributed by atoms with van der Waals surface area (Å²) in [5, 5.41) is 9.87. The maximum absolute atomic E-state index is 13.9. The zero-order chi connectivity index (χ0) is 26.7. The number of rotatable bonds is 9. The number of hydrogen-bond acceptors (Lipinski definition) is 4. The number of aryl methyl sites for hydroxylation is 1. The maximum atomic E-state index is 13.9. The van der Waals surface area contributed by atoms with Crippen molar-refractivity contribution in [1.29, 1.82) is 0 Å². The second-order valence-electron chi connectivity index (χ2n) is 9.16. The molecular formula is C31H27NO5S. The normalized spacial score (nSPS) is 11.7. The van der Waals surface area contributed by atoms with Crippen molar-refractivity contribution in [3.05, 3.63) is 126 Å². The average Bonchev–Trinajstić information content (AvgIpc) is 3.28. The molecule has 0 unspecified atom stereocenters. The standard InChI is InChI=1S/C31H27NO5S/c1-22-28-20-27(16-17-29(28)37-30(22)31(33)34)38(35,36)32(19-18-23-8-4-2-5-9-23)21-24-12-14-26(15-13-24)25-10-6-3-7-11-25/h2-17,20H,18-19,21H2,1H3,(H,33,34). The minimum Gasteiger partial charge on any atom is -0.475 e. The Bertz CT molecular complexity index is 1680. The highest BCUT2D eigenvalue weighted by atomic mass is 32.2. The van der Waals surface area contributed by atoms with Crippen molar-refractivity contribution in [3.63, 3.8) is 0 Å². The van der Waals surface area contributed by atoms with Crippen molar-refractivity contribution >= 4 is 27.0 Å². The third-order valence-electron chi connectivity index (χ3n) is 6.65. The summed E-state index contributed by atoms with van der Waals surface area (Å²) in [4.78, 5) is 11.6. The van der Waals surface area contributed by atoms with Gasteiger partial charge in [0.1, 0.15) is 5.58 Å². The van der Waals surface area contributed by atoms with Crippen molar-refractivity contribution in [3.8, 4) is 11.1 Å². The number of furan rings is 1. The second-order valence-corrected chi connectivity index (χ2v) is 11.1.